The Morgan fingerprint density at radius 1 is 0.969 bits per heavy atom. The van der Waals surface area contributed by atoms with Gasteiger partial charge >= 0.3 is 0 Å². The predicted molar refractivity (Wildman–Crippen MR) is 124 cm³/mol. The van der Waals surface area contributed by atoms with Gasteiger partial charge < -0.3 is 15.0 Å². The average Bonchev–Trinajstić information content (AvgIpc) is 3.30. The Labute approximate surface area is 188 Å². The molecule has 0 spiro atoms. The van der Waals surface area contributed by atoms with Gasteiger partial charge in [0.15, 0.2) is 0 Å². The fourth-order valence-corrected chi connectivity index (χ4v) is 4.53. The van der Waals surface area contributed by atoms with Crippen molar-refractivity contribution in [2.75, 3.05) is 37.7 Å². The summed E-state index contributed by atoms with van der Waals surface area (Å²) in [5, 5.41) is 3.15. The van der Waals surface area contributed by atoms with Crippen molar-refractivity contribution >= 4 is 11.6 Å². The second kappa shape index (κ2) is 9.51. The van der Waals surface area contributed by atoms with E-state index >= 15 is 0 Å². The molecule has 2 aromatic carbocycles. The number of hydrogen-bond donors (Lipinski definition) is 1. The van der Waals surface area contributed by atoms with Crippen molar-refractivity contribution in [2.24, 2.45) is 0 Å². The maximum Gasteiger partial charge on any atom is 0.251 e. The van der Waals surface area contributed by atoms with Gasteiger partial charge in [-0.2, -0.15) is 0 Å². The van der Waals surface area contributed by atoms with Crippen LogP contribution in [0.25, 0.3) is 0 Å². The third kappa shape index (κ3) is 4.52. The number of amides is 1. The smallest absolute Gasteiger partial charge is 0.251 e. The van der Waals surface area contributed by atoms with Crippen LogP contribution >= 0.6 is 0 Å². The van der Waals surface area contributed by atoms with Gasteiger partial charge in [0.05, 0.1) is 24.9 Å². The molecule has 0 radical (unpaired) electrons. The summed E-state index contributed by atoms with van der Waals surface area (Å²) in [7, 11) is 0. The predicted octanol–water partition coefficient (Wildman–Crippen LogP) is 3.41. The van der Waals surface area contributed by atoms with E-state index < -0.39 is 0 Å². The molecule has 164 valence electrons. The molecule has 3 heterocycles. The number of nitrogens with zero attached hydrogens (tertiary/aromatic N) is 3. The SMILES string of the molecule is O=C(NC[C@@H](c1ccccn1)N1CCOCC1)c1cccc(N2Cc3ccccc3C2)c1. The summed E-state index contributed by atoms with van der Waals surface area (Å²) in [5.41, 5.74) is 5.43. The molecular formula is C26H28N4O2. The number of ether oxygens (including phenoxy) is 1. The van der Waals surface area contributed by atoms with Gasteiger partial charge in [0.2, 0.25) is 0 Å². The fourth-order valence-electron chi connectivity index (χ4n) is 4.53. The van der Waals surface area contributed by atoms with Gasteiger partial charge in [0.1, 0.15) is 0 Å². The standard InChI is InChI=1S/C26H28N4O2/c31-26(28-17-25(24-10-3-4-11-27-24)29-12-14-32-15-13-29)20-8-5-9-23(16-20)30-18-21-6-1-2-7-22(21)19-30/h1-11,16,25H,12-15,17-19H2,(H,28,31)/t25-/m0/s1. The summed E-state index contributed by atoms with van der Waals surface area (Å²) in [6, 6.07) is 22.4. The summed E-state index contributed by atoms with van der Waals surface area (Å²) in [6.45, 7) is 5.34. The highest BCUT2D eigenvalue weighted by molar-refractivity contribution is 5.95. The van der Waals surface area contributed by atoms with E-state index in [1.54, 1.807) is 0 Å². The molecule has 3 aromatic rings. The van der Waals surface area contributed by atoms with Gasteiger partial charge in [-0.25, -0.2) is 0 Å². The highest BCUT2D eigenvalue weighted by Gasteiger charge is 2.25. The largest absolute Gasteiger partial charge is 0.379 e. The second-order valence-electron chi connectivity index (χ2n) is 8.30. The summed E-state index contributed by atoms with van der Waals surface area (Å²) in [4.78, 5) is 22.3. The quantitative estimate of drug-likeness (QED) is 0.652. The van der Waals surface area contributed by atoms with Crippen LogP contribution < -0.4 is 10.2 Å². The number of carbonyl (C=O) groups excluding carboxylic acids is 1. The molecule has 0 saturated carbocycles. The molecule has 0 aliphatic carbocycles. The minimum atomic E-state index is -0.0576. The van der Waals surface area contributed by atoms with Crippen molar-refractivity contribution in [3.63, 3.8) is 0 Å². The van der Waals surface area contributed by atoms with Crippen LogP contribution in [0.15, 0.2) is 72.9 Å². The molecule has 1 N–H and O–H groups in total. The zero-order chi connectivity index (χ0) is 21.8. The zero-order valence-corrected chi connectivity index (χ0v) is 18.1. The van der Waals surface area contributed by atoms with Crippen LogP contribution in [-0.4, -0.2) is 48.6 Å². The van der Waals surface area contributed by atoms with Crippen LogP contribution in [0.4, 0.5) is 5.69 Å². The normalized spacial score (nSPS) is 17.1. The summed E-state index contributed by atoms with van der Waals surface area (Å²) >= 11 is 0. The summed E-state index contributed by atoms with van der Waals surface area (Å²) in [6.07, 6.45) is 1.81. The highest BCUT2D eigenvalue weighted by atomic mass is 16.5. The van der Waals surface area contributed by atoms with Crippen LogP contribution in [-0.2, 0) is 17.8 Å². The van der Waals surface area contributed by atoms with Crippen LogP contribution in [0.3, 0.4) is 0 Å². The number of fused-ring (bicyclic) bond motifs is 1. The van der Waals surface area contributed by atoms with Crippen LogP contribution in [0.5, 0.6) is 0 Å². The zero-order valence-electron chi connectivity index (χ0n) is 18.1. The number of nitrogens with one attached hydrogen (secondary N) is 1. The van der Waals surface area contributed by atoms with Gasteiger partial charge in [-0.3, -0.25) is 14.7 Å². The lowest BCUT2D eigenvalue weighted by Crippen LogP contribution is -2.44. The first-order chi connectivity index (χ1) is 15.8. The van der Waals surface area contributed by atoms with Crippen LogP contribution in [0.1, 0.15) is 33.2 Å². The van der Waals surface area contributed by atoms with Gasteiger partial charge in [0, 0.05) is 50.2 Å². The molecular weight excluding hydrogens is 400 g/mol. The van der Waals surface area contributed by atoms with Crippen LogP contribution in [0, 0.1) is 0 Å². The van der Waals surface area contributed by atoms with Crippen molar-refractivity contribution in [1.82, 2.24) is 15.2 Å². The Bertz CT molecular complexity index is 1040. The Morgan fingerprint density at radius 3 is 2.44 bits per heavy atom. The Kier molecular flexibility index (Phi) is 6.14. The van der Waals surface area contributed by atoms with Gasteiger partial charge in [-0.15, -0.1) is 0 Å². The van der Waals surface area contributed by atoms with Crippen molar-refractivity contribution in [1.29, 1.82) is 0 Å². The number of benzene rings is 2. The first-order valence-electron chi connectivity index (χ1n) is 11.2. The van der Waals surface area contributed by atoms with Crippen molar-refractivity contribution in [2.45, 2.75) is 19.1 Å². The molecule has 2 aliphatic heterocycles. The number of pyridine rings is 1. The van der Waals surface area contributed by atoms with Crippen molar-refractivity contribution < 1.29 is 9.53 Å². The molecule has 1 amide bonds. The van der Waals surface area contributed by atoms with Gasteiger partial charge in [-0.05, 0) is 41.5 Å². The number of carbonyl (C=O) groups is 1. The molecule has 1 fully saturated rings. The molecule has 6 heteroatoms. The van der Waals surface area contributed by atoms with E-state index in [1.165, 1.54) is 11.1 Å². The maximum atomic E-state index is 13.1. The first-order valence-corrected chi connectivity index (χ1v) is 11.2. The molecule has 1 saturated heterocycles. The first kappa shape index (κ1) is 20.7. The maximum absolute atomic E-state index is 13.1. The summed E-state index contributed by atoms with van der Waals surface area (Å²) in [5.74, 6) is -0.0576. The fraction of sp³-hybridized carbons (Fsp3) is 0.308. The molecule has 0 unspecified atom stereocenters. The van der Waals surface area contributed by atoms with E-state index in [0.29, 0.717) is 25.3 Å². The van der Waals surface area contributed by atoms with Gasteiger partial charge in [-0.1, -0.05) is 36.4 Å². The third-order valence-corrected chi connectivity index (χ3v) is 6.29. The molecule has 32 heavy (non-hydrogen) atoms. The Hall–Kier alpha value is -3.22. The summed E-state index contributed by atoms with van der Waals surface area (Å²) < 4.78 is 5.51. The van der Waals surface area contributed by atoms with E-state index in [2.05, 4.69) is 50.4 Å². The number of anilines is 1. The van der Waals surface area contributed by atoms with Gasteiger partial charge in [0.25, 0.3) is 5.91 Å². The third-order valence-electron chi connectivity index (χ3n) is 6.29. The lowest BCUT2D eigenvalue weighted by molar-refractivity contribution is 0.0154. The van der Waals surface area contributed by atoms with Crippen molar-refractivity contribution in [3.8, 4) is 0 Å². The topological polar surface area (TPSA) is 57.7 Å². The minimum Gasteiger partial charge on any atom is -0.379 e. The van der Waals surface area contributed by atoms with E-state index in [4.69, 9.17) is 4.74 Å². The molecule has 6 nitrogen and oxygen atoms in total. The Morgan fingerprint density at radius 2 is 1.72 bits per heavy atom. The van der Waals surface area contributed by atoms with E-state index in [9.17, 15) is 4.79 Å². The molecule has 0 bridgehead atoms. The number of hydrogen-bond acceptors (Lipinski definition) is 5. The average molecular weight is 429 g/mol. The minimum absolute atomic E-state index is 0.0281. The molecule has 1 atom stereocenters. The monoisotopic (exact) mass is 428 g/mol. The highest BCUT2D eigenvalue weighted by Crippen LogP contribution is 2.28. The Balaban J connectivity index is 1.27. The molecule has 5 rings (SSSR count). The number of morpholine rings is 1. The molecule has 2 aliphatic rings. The number of rotatable bonds is 6. The van der Waals surface area contributed by atoms with Crippen LogP contribution in [0.2, 0.25) is 0 Å². The number of aromatic nitrogens is 1. The lowest BCUT2D eigenvalue weighted by atomic mass is 10.1. The van der Waals surface area contributed by atoms with E-state index in [-0.39, 0.29) is 11.9 Å². The lowest BCUT2D eigenvalue weighted by Gasteiger charge is -2.34. The van der Waals surface area contributed by atoms with E-state index in [1.807, 2.05) is 42.6 Å². The van der Waals surface area contributed by atoms with E-state index in [0.717, 1.165) is 37.6 Å². The van der Waals surface area contributed by atoms with Crippen molar-refractivity contribution in [3.05, 3.63) is 95.3 Å². The molecule has 1 aromatic heterocycles. The second-order valence-corrected chi connectivity index (χ2v) is 8.30.